The van der Waals surface area contributed by atoms with Crippen molar-refractivity contribution in [2.45, 2.75) is 20.0 Å². The van der Waals surface area contributed by atoms with E-state index in [1.54, 1.807) is 6.92 Å². The zero-order valence-electron chi connectivity index (χ0n) is 12.0. The van der Waals surface area contributed by atoms with Crippen molar-refractivity contribution in [3.05, 3.63) is 61.3 Å². The molecule has 0 saturated carbocycles. The van der Waals surface area contributed by atoms with Crippen molar-refractivity contribution < 1.29 is 14.8 Å². The molecule has 1 amide bonds. The van der Waals surface area contributed by atoms with Crippen LogP contribution in [0, 0.1) is 17.0 Å². The van der Waals surface area contributed by atoms with Crippen LogP contribution in [0.4, 0.5) is 5.69 Å². The van der Waals surface area contributed by atoms with Crippen LogP contribution in [0.15, 0.2) is 30.3 Å². The summed E-state index contributed by atoms with van der Waals surface area (Å²) in [6, 6.07) is 8.79. The minimum atomic E-state index is -0.481. The normalized spacial score (nSPS) is 10.5. The summed E-state index contributed by atoms with van der Waals surface area (Å²) in [4.78, 5) is 23.1. The van der Waals surface area contributed by atoms with Gasteiger partial charge in [-0.2, -0.15) is 0 Å². The number of aliphatic hydroxyl groups excluding tert-OH is 1. The molecule has 2 rings (SSSR count). The zero-order chi connectivity index (χ0) is 16.1. The van der Waals surface area contributed by atoms with Crippen molar-refractivity contribution in [1.29, 1.82) is 0 Å². The van der Waals surface area contributed by atoms with Gasteiger partial charge in [-0.1, -0.05) is 24.3 Å². The first-order valence-electron chi connectivity index (χ1n) is 6.73. The maximum absolute atomic E-state index is 12.0. The predicted molar refractivity (Wildman–Crippen MR) is 84.1 cm³/mol. The van der Waals surface area contributed by atoms with E-state index in [4.69, 9.17) is 5.11 Å². The Morgan fingerprint density at radius 3 is 2.50 bits per heavy atom. The number of benzene rings is 1. The van der Waals surface area contributed by atoms with Gasteiger partial charge in [0.1, 0.15) is 0 Å². The van der Waals surface area contributed by atoms with Crippen LogP contribution >= 0.6 is 11.3 Å². The smallest absolute Gasteiger partial charge is 0.283 e. The summed E-state index contributed by atoms with van der Waals surface area (Å²) in [5.74, 6) is -0.298. The topological polar surface area (TPSA) is 92.5 Å². The second-order valence-electron chi connectivity index (χ2n) is 4.79. The molecule has 0 spiro atoms. The summed E-state index contributed by atoms with van der Waals surface area (Å²) in [5.41, 5.74) is 1.87. The number of carbonyl (C=O) groups is 1. The lowest BCUT2D eigenvalue weighted by Gasteiger charge is -2.04. The number of aryl methyl sites for hydroxylation is 1. The Hall–Kier alpha value is -2.25. The Balaban J connectivity index is 1.89. The molecule has 1 heterocycles. The number of nitro groups is 1. The number of thiophene rings is 1. The first-order valence-corrected chi connectivity index (χ1v) is 7.54. The first kappa shape index (κ1) is 16.1. The van der Waals surface area contributed by atoms with Crippen molar-refractivity contribution in [1.82, 2.24) is 5.32 Å². The van der Waals surface area contributed by atoms with Crippen LogP contribution in [0.5, 0.6) is 0 Å². The Morgan fingerprint density at radius 1 is 1.32 bits per heavy atom. The largest absolute Gasteiger partial charge is 0.392 e. The van der Waals surface area contributed by atoms with Gasteiger partial charge in [0.2, 0.25) is 0 Å². The molecule has 2 aromatic rings. The van der Waals surface area contributed by atoms with Crippen molar-refractivity contribution >= 4 is 22.9 Å². The van der Waals surface area contributed by atoms with Gasteiger partial charge in [-0.3, -0.25) is 14.9 Å². The van der Waals surface area contributed by atoms with Crippen molar-refractivity contribution in [2.75, 3.05) is 6.54 Å². The van der Waals surface area contributed by atoms with E-state index in [9.17, 15) is 14.9 Å². The van der Waals surface area contributed by atoms with E-state index >= 15 is 0 Å². The number of hydrogen-bond donors (Lipinski definition) is 2. The molecule has 0 unspecified atom stereocenters. The second kappa shape index (κ2) is 7.15. The van der Waals surface area contributed by atoms with Crippen LogP contribution in [0.3, 0.4) is 0 Å². The summed E-state index contributed by atoms with van der Waals surface area (Å²) < 4.78 is 0. The fraction of sp³-hybridized carbons (Fsp3) is 0.267. The number of rotatable bonds is 6. The third kappa shape index (κ3) is 3.90. The molecule has 0 atom stereocenters. The summed E-state index contributed by atoms with van der Waals surface area (Å²) in [7, 11) is 0. The van der Waals surface area contributed by atoms with Gasteiger partial charge in [0.05, 0.1) is 21.3 Å². The Morgan fingerprint density at radius 2 is 1.95 bits per heavy atom. The van der Waals surface area contributed by atoms with Crippen LogP contribution < -0.4 is 5.32 Å². The molecule has 0 bridgehead atoms. The monoisotopic (exact) mass is 320 g/mol. The van der Waals surface area contributed by atoms with E-state index < -0.39 is 4.92 Å². The van der Waals surface area contributed by atoms with Crippen LogP contribution in [0.25, 0.3) is 0 Å². The fourth-order valence-corrected chi connectivity index (χ4v) is 2.89. The highest BCUT2D eigenvalue weighted by Gasteiger charge is 2.19. The lowest BCUT2D eigenvalue weighted by molar-refractivity contribution is -0.385. The van der Waals surface area contributed by atoms with E-state index in [0.717, 1.165) is 22.5 Å². The van der Waals surface area contributed by atoms with Crippen LogP contribution in [0.1, 0.15) is 25.7 Å². The lowest BCUT2D eigenvalue weighted by Crippen LogP contribution is -2.24. The minimum Gasteiger partial charge on any atom is -0.392 e. The third-order valence-corrected chi connectivity index (χ3v) is 4.26. The van der Waals surface area contributed by atoms with E-state index in [0.29, 0.717) is 22.7 Å². The Labute approximate surface area is 131 Å². The predicted octanol–water partition coefficient (Wildman–Crippen LogP) is 2.43. The van der Waals surface area contributed by atoms with Gasteiger partial charge >= 0.3 is 0 Å². The van der Waals surface area contributed by atoms with Gasteiger partial charge in [0.15, 0.2) is 0 Å². The highest BCUT2D eigenvalue weighted by molar-refractivity contribution is 7.14. The number of carbonyl (C=O) groups excluding carboxylic acids is 1. The number of hydrogen-bond acceptors (Lipinski definition) is 5. The molecule has 0 fully saturated rings. The molecular formula is C15H16N2O4S. The molecule has 0 aliphatic carbocycles. The van der Waals surface area contributed by atoms with Crippen LogP contribution in [0.2, 0.25) is 0 Å². The quantitative estimate of drug-likeness (QED) is 0.631. The van der Waals surface area contributed by atoms with Gasteiger partial charge < -0.3 is 10.4 Å². The average molecular weight is 320 g/mol. The minimum absolute atomic E-state index is 0.00746. The van der Waals surface area contributed by atoms with Gasteiger partial charge in [-0.25, -0.2) is 0 Å². The summed E-state index contributed by atoms with van der Waals surface area (Å²) >= 11 is 1.12. The molecule has 0 aliphatic rings. The molecule has 0 aliphatic heterocycles. The average Bonchev–Trinajstić information content (AvgIpc) is 2.90. The van der Waals surface area contributed by atoms with Gasteiger partial charge in [0.25, 0.3) is 11.6 Å². The number of aliphatic hydroxyl groups is 1. The SMILES string of the molecule is Cc1sc(C(=O)NCCc2ccc(CO)cc2)cc1[N+](=O)[O-]. The third-order valence-electron chi connectivity index (χ3n) is 3.22. The van der Waals surface area contributed by atoms with Crippen LogP contribution in [-0.2, 0) is 13.0 Å². The van der Waals surface area contributed by atoms with Gasteiger partial charge in [-0.05, 0) is 24.5 Å². The highest BCUT2D eigenvalue weighted by Crippen LogP contribution is 2.27. The molecule has 2 N–H and O–H groups in total. The van der Waals surface area contributed by atoms with Crippen molar-refractivity contribution in [3.63, 3.8) is 0 Å². The van der Waals surface area contributed by atoms with E-state index in [1.807, 2.05) is 24.3 Å². The molecule has 7 heteroatoms. The summed E-state index contributed by atoms with van der Waals surface area (Å²) in [6.45, 7) is 2.08. The standard InChI is InChI=1S/C15H16N2O4S/c1-10-13(17(20)21)8-14(22-10)15(19)16-7-6-11-2-4-12(9-18)5-3-11/h2-5,8,18H,6-7,9H2,1H3,(H,16,19). The molecule has 0 saturated heterocycles. The van der Waals surface area contributed by atoms with E-state index in [2.05, 4.69) is 5.32 Å². The Kier molecular flexibility index (Phi) is 5.24. The van der Waals surface area contributed by atoms with Gasteiger partial charge in [0, 0.05) is 12.6 Å². The summed E-state index contributed by atoms with van der Waals surface area (Å²) in [6.07, 6.45) is 0.657. The molecule has 6 nitrogen and oxygen atoms in total. The number of amides is 1. The zero-order valence-corrected chi connectivity index (χ0v) is 12.9. The van der Waals surface area contributed by atoms with Gasteiger partial charge in [-0.15, -0.1) is 11.3 Å². The van der Waals surface area contributed by atoms with E-state index in [-0.39, 0.29) is 18.2 Å². The maximum Gasteiger partial charge on any atom is 0.283 e. The summed E-state index contributed by atoms with van der Waals surface area (Å²) in [5, 5.41) is 22.5. The van der Waals surface area contributed by atoms with Crippen molar-refractivity contribution in [3.8, 4) is 0 Å². The maximum atomic E-state index is 12.0. The number of nitrogens with zero attached hydrogens (tertiary/aromatic N) is 1. The first-order chi connectivity index (χ1) is 10.5. The second-order valence-corrected chi connectivity index (χ2v) is 6.05. The number of nitrogens with one attached hydrogen (secondary N) is 1. The highest BCUT2D eigenvalue weighted by atomic mass is 32.1. The molecule has 116 valence electrons. The molecule has 1 aromatic carbocycles. The van der Waals surface area contributed by atoms with Crippen molar-refractivity contribution in [2.24, 2.45) is 0 Å². The molecule has 22 heavy (non-hydrogen) atoms. The molecule has 0 radical (unpaired) electrons. The molecular weight excluding hydrogens is 304 g/mol. The van der Waals surface area contributed by atoms with E-state index in [1.165, 1.54) is 6.07 Å². The Bertz CT molecular complexity index is 679. The van der Waals surface area contributed by atoms with Crippen LogP contribution in [-0.4, -0.2) is 22.5 Å². The molecule has 1 aromatic heterocycles. The fourth-order valence-electron chi connectivity index (χ4n) is 1.98. The lowest BCUT2D eigenvalue weighted by atomic mass is 10.1.